The summed E-state index contributed by atoms with van der Waals surface area (Å²) in [5, 5.41) is 14.8. The summed E-state index contributed by atoms with van der Waals surface area (Å²) < 4.78 is 35.9. The normalized spacial score (nSPS) is 10.9. The van der Waals surface area contributed by atoms with Crippen molar-refractivity contribution >= 4 is 17.4 Å². The molecule has 0 aromatic carbocycles. The Bertz CT molecular complexity index is 504. The Morgan fingerprint density at radius 1 is 1.53 bits per heavy atom. The largest absolute Gasteiger partial charge is 0.405 e. The topological polar surface area (TPSA) is 97.2 Å². The summed E-state index contributed by atoms with van der Waals surface area (Å²) in [7, 11) is 1.45. The van der Waals surface area contributed by atoms with E-state index in [1.807, 2.05) is 0 Å². The van der Waals surface area contributed by atoms with Crippen LogP contribution in [0.2, 0.25) is 0 Å². The molecular weight excluding hydrogens is 269 g/mol. The molecule has 0 radical (unpaired) electrons. The molecule has 0 aliphatic heterocycles. The van der Waals surface area contributed by atoms with E-state index in [1.165, 1.54) is 7.05 Å². The van der Waals surface area contributed by atoms with Gasteiger partial charge in [-0.3, -0.25) is 14.9 Å². The Labute approximate surface area is 105 Å². The van der Waals surface area contributed by atoms with Crippen LogP contribution in [0.5, 0.6) is 0 Å². The molecule has 1 amide bonds. The van der Waals surface area contributed by atoms with Gasteiger partial charge < -0.3 is 10.6 Å². The lowest BCUT2D eigenvalue weighted by atomic mass is 10.2. The van der Waals surface area contributed by atoms with Crippen LogP contribution in [0.1, 0.15) is 10.4 Å². The SMILES string of the molecule is CNc1cc(C(=O)NCC(F)(F)F)c([N+](=O)[O-])cn1. The van der Waals surface area contributed by atoms with Gasteiger partial charge in [-0.05, 0) is 0 Å². The third-order valence-electron chi connectivity index (χ3n) is 2.03. The minimum absolute atomic E-state index is 0.128. The molecule has 7 nitrogen and oxygen atoms in total. The lowest BCUT2D eigenvalue weighted by Gasteiger charge is -2.09. The van der Waals surface area contributed by atoms with Gasteiger partial charge in [0.15, 0.2) is 0 Å². The molecule has 0 saturated carbocycles. The molecule has 1 aromatic rings. The molecule has 0 unspecified atom stereocenters. The van der Waals surface area contributed by atoms with Crippen molar-refractivity contribution in [2.24, 2.45) is 0 Å². The molecule has 0 saturated heterocycles. The Kier molecular flexibility index (Phi) is 4.25. The van der Waals surface area contributed by atoms with Gasteiger partial charge in [0.1, 0.15) is 24.1 Å². The highest BCUT2D eigenvalue weighted by atomic mass is 19.4. The molecule has 1 aromatic heterocycles. The predicted octanol–water partition coefficient (Wildman–Crippen LogP) is 1.32. The summed E-state index contributed by atoms with van der Waals surface area (Å²) >= 11 is 0. The van der Waals surface area contributed by atoms with E-state index in [9.17, 15) is 28.1 Å². The van der Waals surface area contributed by atoms with E-state index in [1.54, 1.807) is 5.32 Å². The van der Waals surface area contributed by atoms with Gasteiger partial charge in [0.2, 0.25) is 0 Å². The molecule has 0 aliphatic rings. The van der Waals surface area contributed by atoms with Crippen molar-refractivity contribution in [3.63, 3.8) is 0 Å². The van der Waals surface area contributed by atoms with Gasteiger partial charge in [-0.25, -0.2) is 4.98 Å². The number of hydrogen-bond donors (Lipinski definition) is 2. The quantitative estimate of drug-likeness (QED) is 0.639. The van der Waals surface area contributed by atoms with Crippen molar-refractivity contribution in [1.29, 1.82) is 0 Å². The minimum Gasteiger partial charge on any atom is -0.373 e. The molecule has 19 heavy (non-hydrogen) atoms. The predicted molar refractivity (Wildman–Crippen MR) is 58.8 cm³/mol. The minimum atomic E-state index is -4.59. The van der Waals surface area contributed by atoms with Crippen LogP contribution in [-0.4, -0.2) is 35.6 Å². The zero-order valence-electron chi connectivity index (χ0n) is 9.61. The fourth-order valence-electron chi connectivity index (χ4n) is 1.19. The van der Waals surface area contributed by atoms with Crippen LogP contribution in [0.3, 0.4) is 0 Å². The Morgan fingerprint density at radius 3 is 2.63 bits per heavy atom. The van der Waals surface area contributed by atoms with Crippen molar-refractivity contribution in [3.8, 4) is 0 Å². The second kappa shape index (κ2) is 5.50. The molecule has 0 aliphatic carbocycles. The summed E-state index contributed by atoms with van der Waals surface area (Å²) in [6, 6.07) is 1.00. The van der Waals surface area contributed by atoms with Crippen molar-refractivity contribution in [2.45, 2.75) is 6.18 Å². The Hall–Kier alpha value is -2.39. The van der Waals surface area contributed by atoms with E-state index in [-0.39, 0.29) is 5.82 Å². The number of aromatic nitrogens is 1. The number of nitrogens with zero attached hydrogens (tertiary/aromatic N) is 2. The van der Waals surface area contributed by atoms with E-state index >= 15 is 0 Å². The third-order valence-corrected chi connectivity index (χ3v) is 2.03. The van der Waals surface area contributed by atoms with Crippen LogP contribution in [0, 0.1) is 10.1 Å². The zero-order valence-corrected chi connectivity index (χ0v) is 9.61. The summed E-state index contributed by atoms with van der Waals surface area (Å²) in [5.41, 5.74) is -1.16. The number of pyridine rings is 1. The van der Waals surface area contributed by atoms with Crippen molar-refractivity contribution in [3.05, 3.63) is 27.9 Å². The number of nitrogens with one attached hydrogen (secondary N) is 2. The van der Waals surface area contributed by atoms with Gasteiger partial charge in [-0.1, -0.05) is 0 Å². The van der Waals surface area contributed by atoms with E-state index in [4.69, 9.17) is 0 Å². The van der Waals surface area contributed by atoms with Crippen molar-refractivity contribution in [1.82, 2.24) is 10.3 Å². The number of anilines is 1. The average Bonchev–Trinajstić information content (AvgIpc) is 2.34. The molecule has 0 bridgehead atoms. The smallest absolute Gasteiger partial charge is 0.373 e. The van der Waals surface area contributed by atoms with Gasteiger partial charge >= 0.3 is 6.18 Å². The maximum atomic E-state index is 12.0. The molecule has 0 spiro atoms. The lowest BCUT2D eigenvalue weighted by molar-refractivity contribution is -0.385. The molecule has 104 valence electrons. The first kappa shape index (κ1) is 14.7. The number of nitro groups is 1. The molecule has 10 heteroatoms. The highest BCUT2D eigenvalue weighted by Gasteiger charge is 2.29. The van der Waals surface area contributed by atoms with E-state index in [0.29, 0.717) is 0 Å². The first-order valence-electron chi connectivity index (χ1n) is 4.91. The second-order valence-electron chi connectivity index (χ2n) is 3.39. The van der Waals surface area contributed by atoms with E-state index in [2.05, 4.69) is 10.3 Å². The van der Waals surface area contributed by atoms with Gasteiger partial charge in [-0.2, -0.15) is 13.2 Å². The third kappa shape index (κ3) is 4.08. The van der Waals surface area contributed by atoms with Crippen LogP contribution < -0.4 is 10.6 Å². The number of alkyl halides is 3. The highest BCUT2D eigenvalue weighted by molar-refractivity contribution is 5.98. The molecule has 2 N–H and O–H groups in total. The fourth-order valence-corrected chi connectivity index (χ4v) is 1.19. The molecule has 1 heterocycles. The molecule has 0 fully saturated rings. The zero-order chi connectivity index (χ0) is 14.6. The Morgan fingerprint density at radius 2 is 2.16 bits per heavy atom. The highest BCUT2D eigenvalue weighted by Crippen LogP contribution is 2.20. The van der Waals surface area contributed by atoms with Crippen LogP contribution >= 0.6 is 0 Å². The maximum absolute atomic E-state index is 12.0. The van der Waals surface area contributed by atoms with Crippen molar-refractivity contribution < 1.29 is 22.9 Å². The first-order valence-corrected chi connectivity index (χ1v) is 4.91. The van der Waals surface area contributed by atoms with Crippen LogP contribution in [0.25, 0.3) is 0 Å². The second-order valence-corrected chi connectivity index (χ2v) is 3.39. The standard InChI is InChI=1S/C9H9F3N4O3/c1-13-7-2-5(6(3-14-7)16(18)19)8(17)15-4-9(10,11)12/h2-3H,4H2,1H3,(H,13,14)(H,15,17). The van der Waals surface area contributed by atoms with Gasteiger partial charge in [-0.15, -0.1) is 0 Å². The monoisotopic (exact) mass is 278 g/mol. The van der Waals surface area contributed by atoms with Crippen molar-refractivity contribution in [2.75, 3.05) is 18.9 Å². The molecule has 0 atom stereocenters. The van der Waals surface area contributed by atoms with Gasteiger partial charge in [0.25, 0.3) is 11.6 Å². The molecule has 1 rings (SSSR count). The molecular formula is C9H9F3N4O3. The summed E-state index contributed by atoms with van der Waals surface area (Å²) in [4.78, 5) is 24.9. The van der Waals surface area contributed by atoms with E-state index in [0.717, 1.165) is 12.3 Å². The summed E-state index contributed by atoms with van der Waals surface area (Å²) in [6.45, 7) is -1.57. The number of amides is 1. The Balaban J connectivity index is 3.02. The fraction of sp³-hybridized carbons (Fsp3) is 0.333. The van der Waals surface area contributed by atoms with Crippen LogP contribution in [0.4, 0.5) is 24.7 Å². The lowest BCUT2D eigenvalue weighted by Crippen LogP contribution is -2.34. The summed E-state index contributed by atoms with van der Waals surface area (Å²) in [5.74, 6) is -1.06. The number of carbonyl (C=O) groups is 1. The first-order chi connectivity index (χ1) is 8.74. The van der Waals surface area contributed by atoms with Crippen LogP contribution in [0.15, 0.2) is 12.3 Å². The van der Waals surface area contributed by atoms with Gasteiger partial charge in [0.05, 0.1) is 4.92 Å². The summed E-state index contributed by atoms with van der Waals surface area (Å²) in [6.07, 6.45) is -3.79. The number of hydrogen-bond acceptors (Lipinski definition) is 5. The van der Waals surface area contributed by atoms with E-state index < -0.39 is 34.8 Å². The number of halogens is 3. The maximum Gasteiger partial charge on any atom is 0.405 e. The average molecular weight is 278 g/mol. The number of carbonyl (C=O) groups excluding carboxylic acids is 1. The van der Waals surface area contributed by atoms with Crippen LogP contribution in [-0.2, 0) is 0 Å². The van der Waals surface area contributed by atoms with Gasteiger partial charge in [0, 0.05) is 13.1 Å². The number of rotatable bonds is 4.